The van der Waals surface area contributed by atoms with Gasteiger partial charge in [0.2, 0.25) is 5.91 Å². The molecule has 1 fully saturated rings. The number of anilines is 2. The molecule has 0 aliphatic carbocycles. The smallest absolute Gasteiger partial charge is 0.262 e. The molecule has 8 nitrogen and oxygen atoms in total. The number of nitrogens with zero attached hydrogens (tertiary/aromatic N) is 2. The highest BCUT2D eigenvalue weighted by molar-refractivity contribution is 7.90. The Morgan fingerprint density at radius 2 is 1.90 bits per heavy atom. The molecule has 1 saturated heterocycles. The number of amidine groups is 1. The van der Waals surface area contributed by atoms with E-state index in [2.05, 4.69) is 25.2 Å². The van der Waals surface area contributed by atoms with Gasteiger partial charge in [-0.1, -0.05) is 24.3 Å². The van der Waals surface area contributed by atoms with Gasteiger partial charge in [-0.15, -0.1) is 0 Å². The summed E-state index contributed by atoms with van der Waals surface area (Å²) in [6.07, 6.45) is 2.45. The first-order valence-electron chi connectivity index (χ1n) is 10.5. The van der Waals surface area contributed by atoms with Gasteiger partial charge in [0.1, 0.15) is 5.84 Å². The van der Waals surface area contributed by atoms with Crippen molar-refractivity contribution in [2.24, 2.45) is 4.99 Å². The van der Waals surface area contributed by atoms with Gasteiger partial charge in [0.05, 0.1) is 11.4 Å². The summed E-state index contributed by atoms with van der Waals surface area (Å²) in [6, 6.07) is 16.6. The number of benzene rings is 2. The van der Waals surface area contributed by atoms with E-state index in [9.17, 15) is 13.2 Å². The van der Waals surface area contributed by atoms with Crippen molar-refractivity contribution < 1.29 is 13.2 Å². The Bertz CT molecular complexity index is 1060. The van der Waals surface area contributed by atoms with Crippen LogP contribution in [-0.2, 0) is 14.8 Å². The largest absolute Gasteiger partial charge is 0.381 e. The Labute approximate surface area is 182 Å². The van der Waals surface area contributed by atoms with Crippen LogP contribution in [0.1, 0.15) is 19.3 Å². The molecule has 0 aromatic heterocycles. The molecule has 0 spiro atoms. The molecular weight excluding hydrogens is 414 g/mol. The summed E-state index contributed by atoms with van der Waals surface area (Å²) in [7, 11) is -3.71. The molecule has 0 radical (unpaired) electrons. The fraction of sp³-hybridized carbons (Fsp3) is 0.364. The number of nitrogens with one attached hydrogen (secondary N) is 3. The maximum Gasteiger partial charge on any atom is 0.262 e. The number of likely N-dealkylation sites (tertiary alicyclic amines) is 1. The van der Waals surface area contributed by atoms with Gasteiger partial charge >= 0.3 is 0 Å². The van der Waals surface area contributed by atoms with Gasteiger partial charge < -0.3 is 10.6 Å². The molecule has 1 atom stereocenters. The predicted octanol–water partition coefficient (Wildman–Crippen LogP) is 2.28. The molecule has 2 aromatic carbocycles. The van der Waals surface area contributed by atoms with Crippen LogP contribution in [0.25, 0.3) is 0 Å². The second kappa shape index (κ2) is 9.49. The van der Waals surface area contributed by atoms with E-state index < -0.39 is 10.0 Å². The average Bonchev–Trinajstić information content (AvgIpc) is 3.41. The van der Waals surface area contributed by atoms with E-state index in [0.29, 0.717) is 30.5 Å². The molecule has 9 heteroatoms. The highest BCUT2D eigenvalue weighted by atomic mass is 32.2. The van der Waals surface area contributed by atoms with E-state index in [0.717, 1.165) is 31.6 Å². The van der Waals surface area contributed by atoms with Crippen molar-refractivity contribution in [3.63, 3.8) is 0 Å². The van der Waals surface area contributed by atoms with Crippen LogP contribution in [0, 0.1) is 0 Å². The summed E-state index contributed by atoms with van der Waals surface area (Å²) in [4.78, 5) is 18.9. The number of carbonyl (C=O) groups excluding carboxylic acids is 1. The van der Waals surface area contributed by atoms with Crippen molar-refractivity contribution in [1.29, 1.82) is 0 Å². The standard InChI is InChI=1S/C22H27N5O3S/c28-22(16-27-13-11-19(15-27)24-17-6-2-1-3-7-17)25-18-8-4-9-20(14-18)31(29,30)26-21-10-5-12-23-21/h1-4,6-9,14,19,24H,5,10-13,15-16H2,(H,23,26)(H,25,28). The first-order valence-corrected chi connectivity index (χ1v) is 12.0. The van der Waals surface area contributed by atoms with Crippen LogP contribution in [0.15, 0.2) is 64.5 Å². The summed E-state index contributed by atoms with van der Waals surface area (Å²) >= 11 is 0. The Morgan fingerprint density at radius 3 is 2.68 bits per heavy atom. The molecule has 31 heavy (non-hydrogen) atoms. The lowest BCUT2D eigenvalue weighted by molar-refractivity contribution is -0.117. The van der Waals surface area contributed by atoms with Crippen LogP contribution >= 0.6 is 0 Å². The van der Waals surface area contributed by atoms with Crippen LogP contribution < -0.4 is 15.4 Å². The topological polar surface area (TPSA) is 103 Å². The second-order valence-electron chi connectivity index (χ2n) is 7.84. The van der Waals surface area contributed by atoms with Gasteiger partial charge in [-0.3, -0.25) is 19.4 Å². The third-order valence-corrected chi connectivity index (χ3v) is 6.72. The van der Waals surface area contributed by atoms with E-state index in [1.54, 1.807) is 12.1 Å². The van der Waals surface area contributed by atoms with Crippen LogP contribution in [0.2, 0.25) is 0 Å². The highest BCUT2D eigenvalue weighted by Gasteiger charge is 2.24. The number of carbonyl (C=O) groups is 1. The molecule has 0 bridgehead atoms. The minimum absolute atomic E-state index is 0.105. The number of rotatable bonds is 7. The zero-order chi connectivity index (χ0) is 21.7. The lowest BCUT2D eigenvalue weighted by Gasteiger charge is -2.17. The minimum atomic E-state index is -3.71. The van der Waals surface area contributed by atoms with Crippen molar-refractivity contribution in [1.82, 2.24) is 9.62 Å². The van der Waals surface area contributed by atoms with Gasteiger partial charge in [0.25, 0.3) is 10.0 Å². The fourth-order valence-electron chi connectivity index (χ4n) is 3.85. The first-order chi connectivity index (χ1) is 15.0. The van der Waals surface area contributed by atoms with E-state index in [4.69, 9.17) is 0 Å². The Hall–Kier alpha value is -2.91. The summed E-state index contributed by atoms with van der Waals surface area (Å²) in [5, 5.41) is 6.31. The molecule has 1 unspecified atom stereocenters. The molecule has 4 rings (SSSR count). The van der Waals surface area contributed by atoms with Crippen molar-refractivity contribution in [3.05, 3.63) is 54.6 Å². The van der Waals surface area contributed by atoms with Crippen LogP contribution in [0.5, 0.6) is 0 Å². The van der Waals surface area contributed by atoms with E-state index in [-0.39, 0.29) is 17.3 Å². The Balaban J connectivity index is 1.30. The highest BCUT2D eigenvalue weighted by Crippen LogP contribution is 2.18. The second-order valence-corrected chi connectivity index (χ2v) is 9.53. The molecule has 1 amide bonds. The third-order valence-electron chi connectivity index (χ3n) is 5.34. The lowest BCUT2D eigenvalue weighted by atomic mass is 10.2. The number of hydrogen-bond donors (Lipinski definition) is 3. The summed E-state index contributed by atoms with van der Waals surface area (Å²) in [5.41, 5.74) is 1.54. The zero-order valence-electron chi connectivity index (χ0n) is 17.3. The van der Waals surface area contributed by atoms with Crippen molar-refractivity contribution >= 4 is 33.1 Å². The van der Waals surface area contributed by atoms with Gasteiger partial charge in [-0.05, 0) is 43.2 Å². The predicted molar refractivity (Wildman–Crippen MR) is 122 cm³/mol. The number of sulfonamides is 1. The number of aliphatic imine (C=N–C) groups is 1. The lowest BCUT2D eigenvalue weighted by Crippen LogP contribution is -2.33. The van der Waals surface area contributed by atoms with Crippen LogP contribution in [0.3, 0.4) is 0 Å². The number of hydrogen-bond acceptors (Lipinski definition) is 6. The van der Waals surface area contributed by atoms with Crippen LogP contribution in [0.4, 0.5) is 11.4 Å². The SMILES string of the molecule is O=C(CN1CCC(Nc2ccccc2)C1)Nc1cccc(S(=O)(=O)NC2=NCCC2)c1. The number of amides is 1. The molecule has 0 saturated carbocycles. The van der Waals surface area contributed by atoms with Gasteiger partial charge in [0, 0.05) is 43.5 Å². The molecule has 2 heterocycles. The first kappa shape index (κ1) is 21.3. The minimum Gasteiger partial charge on any atom is -0.381 e. The van der Waals surface area contributed by atoms with Gasteiger partial charge in [-0.2, -0.15) is 0 Å². The average molecular weight is 442 g/mol. The van der Waals surface area contributed by atoms with E-state index in [1.165, 1.54) is 12.1 Å². The quantitative estimate of drug-likeness (QED) is 0.612. The Kier molecular flexibility index (Phi) is 6.53. The summed E-state index contributed by atoms with van der Waals surface area (Å²) < 4.78 is 27.7. The van der Waals surface area contributed by atoms with Crippen molar-refractivity contribution in [3.8, 4) is 0 Å². The number of para-hydroxylation sites is 1. The molecule has 2 aromatic rings. The Morgan fingerprint density at radius 1 is 1.10 bits per heavy atom. The molecule has 164 valence electrons. The third kappa shape index (κ3) is 5.83. The van der Waals surface area contributed by atoms with Crippen molar-refractivity contribution in [2.75, 3.05) is 36.8 Å². The van der Waals surface area contributed by atoms with E-state index in [1.807, 2.05) is 30.3 Å². The van der Waals surface area contributed by atoms with E-state index >= 15 is 0 Å². The normalized spacial score (nSPS) is 19.1. The zero-order valence-corrected chi connectivity index (χ0v) is 18.1. The molecule has 3 N–H and O–H groups in total. The maximum atomic E-state index is 12.6. The fourth-order valence-corrected chi connectivity index (χ4v) is 4.98. The monoisotopic (exact) mass is 441 g/mol. The van der Waals surface area contributed by atoms with Crippen molar-refractivity contribution in [2.45, 2.75) is 30.2 Å². The molecule has 2 aliphatic heterocycles. The van der Waals surface area contributed by atoms with Crippen LogP contribution in [-0.4, -0.2) is 57.3 Å². The molecule has 2 aliphatic rings. The van der Waals surface area contributed by atoms with Gasteiger partial charge in [-0.25, -0.2) is 8.42 Å². The summed E-state index contributed by atoms with van der Waals surface area (Å²) in [5.74, 6) is 0.324. The maximum absolute atomic E-state index is 12.6. The molecular formula is C22H27N5O3S. The summed E-state index contributed by atoms with van der Waals surface area (Å²) in [6.45, 7) is 2.52. The van der Waals surface area contributed by atoms with Gasteiger partial charge in [0.15, 0.2) is 0 Å².